The van der Waals surface area contributed by atoms with Gasteiger partial charge in [0.1, 0.15) is 0 Å². The third kappa shape index (κ3) is 4.95. The van der Waals surface area contributed by atoms with Gasteiger partial charge in [0.15, 0.2) is 6.61 Å². The number of benzene rings is 2. The number of esters is 1. The van der Waals surface area contributed by atoms with Crippen LogP contribution in [0, 0.1) is 11.8 Å². The summed E-state index contributed by atoms with van der Waals surface area (Å²) in [4.78, 5) is 51.8. The van der Waals surface area contributed by atoms with E-state index < -0.39 is 30.3 Å². The van der Waals surface area contributed by atoms with Crippen molar-refractivity contribution in [1.29, 1.82) is 0 Å². The maximum absolute atomic E-state index is 13.0. The van der Waals surface area contributed by atoms with Crippen molar-refractivity contribution in [3.8, 4) is 0 Å². The highest BCUT2D eigenvalue weighted by atomic mass is 35.5. The number of halogens is 2. The maximum Gasteiger partial charge on any atom is 0.338 e. The van der Waals surface area contributed by atoms with E-state index in [1.54, 1.807) is 12.1 Å². The predicted molar refractivity (Wildman–Crippen MR) is 128 cm³/mol. The third-order valence-corrected chi connectivity index (χ3v) is 7.36. The summed E-state index contributed by atoms with van der Waals surface area (Å²) in [5.41, 5.74) is 1.33. The molecule has 1 saturated heterocycles. The molecule has 178 valence electrons. The van der Waals surface area contributed by atoms with Crippen LogP contribution in [0.3, 0.4) is 0 Å². The minimum Gasteiger partial charge on any atom is -0.452 e. The average molecular weight is 503 g/mol. The normalized spacial score (nSPS) is 25.0. The Bertz CT molecular complexity index is 1080. The molecule has 3 amide bonds. The molecule has 5 atom stereocenters. The quantitative estimate of drug-likeness (QED) is 0.368. The van der Waals surface area contributed by atoms with Gasteiger partial charge in [0, 0.05) is 0 Å². The van der Waals surface area contributed by atoms with Crippen LogP contribution in [0.1, 0.15) is 41.7 Å². The van der Waals surface area contributed by atoms with E-state index in [2.05, 4.69) is 5.32 Å². The van der Waals surface area contributed by atoms with Gasteiger partial charge in [-0.3, -0.25) is 19.3 Å². The number of hydrogen-bond donors (Lipinski definition) is 1. The van der Waals surface area contributed by atoms with E-state index in [9.17, 15) is 19.2 Å². The van der Waals surface area contributed by atoms with E-state index in [4.69, 9.17) is 27.9 Å². The fourth-order valence-corrected chi connectivity index (χ4v) is 5.03. The van der Waals surface area contributed by atoms with Crippen LogP contribution >= 0.6 is 23.2 Å². The largest absolute Gasteiger partial charge is 0.452 e. The van der Waals surface area contributed by atoms with Gasteiger partial charge in [-0.25, -0.2) is 4.79 Å². The number of anilines is 1. The summed E-state index contributed by atoms with van der Waals surface area (Å²) in [6.07, 6.45) is 0.666. The zero-order valence-electron chi connectivity index (χ0n) is 18.4. The number of amides is 3. The van der Waals surface area contributed by atoms with Crippen molar-refractivity contribution in [2.75, 3.05) is 11.5 Å². The maximum atomic E-state index is 13.0. The van der Waals surface area contributed by atoms with Crippen LogP contribution in [-0.2, 0) is 19.1 Å². The smallest absolute Gasteiger partial charge is 0.338 e. The highest BCUT2D eigenvalue weighted by Crippen LogP contribution is 2.43. The van der Waals surface area contributed by atoms with Crippen molar-refractivity contribution in [3.05, 3.63) is 65.7 Å². The Kier molecular flexibility index (Phi) is 7.24. The molecule has 1 heterocycles. The Morgan fingerprint density at radius 2 is 1.62 bits per heavy atom. The van der Waals surface area contributed by atoms with E-state index >= 15 is 0 Å². The van der Waals surface area contributed by atoms with Gasteiger partial charge in [-0.15, -0.1) is 23.2 Å². The lowest BCUT2D eigenvalue weighted by atomic mass is 9.80. The molecule has 0 radical (unpaired) electrons. The van der Waals surface area contributed by atoms with Crippen LogP contribution in [0.5, 0.6) is 0 Å². The molecule has 34 heavy (non-hydrogen) atoms. The van der Waals surface area contributed by atoms with E-state index in [-0.39, 0.29) is 39.9 Å². The van der Waals surface area contributed by atoms with Crippen molar-refractivity contribution in [2.24, 2.45) is 11.8 Å². The first-order valence-electron chi connectivity index (χ1n) is 11.0. The van der Waals surface area contributed by atoms with Crippen molar-refractivity contribution >= 4 is 52.6 Å². The monoisotopic (exact) mass is 502 g/mol. The molecule has 1 aliphatic heterocycles. The molecule has 1 aliphatic carbocycles. The Morgan fingerprint density at radius 3 is 2.24 bits per heavy atom. The zero-order chi connectivity index (χ0) is 24.4. The van der Waals surface area contributed by atoms with Gasteiger partial charge in [0.05, 0.1) is 39.9 Å². The number of nitrogens with one attached hydrogen (secondary N) is 1. The first-order chi connectivity index (χ1) is 16.3. The second-order valence-electron chi connectivity index (χ2n) is 8.55. The van der Waals surface area contributed by atoms with Crippen molar-refractivity contribution in [3.63, 3.8) is 0 Å². The number of imide groups is 1. The highest BCUT2D eigenvalue weighted by Gasteiger charge is 2.52. The van der Waals surface area contributed by atoms with Gasteiger partial charge >= 0.3 is 5.97 Å². The molecule has 2 aromatic carbocycles. The number of rotatable bonds is 6. The number of hydrogen-bond acceptors (Lipinski definition) is 5. The SMILES string of the molecule is C[C@H](NC(=O)COC(=O)c1cccc(N2C(=O)[C@H]3C[C@@H](Cl)[C@@H](Cl)C[C@H]3C2=O)c1)c1ccccc1. The summed E-state index contributed by atoms with van der Waals surface area (Å²) in [6.45, 7) is 1.37. The van der Waals surface area contributed by atoms with Crippen LogP contribution in [0.25, 0.3) is 0 Å². The summed E-state index contributed by atoms with van der Waals surface area (Å²) in [7, 11) is 0. The average Bonchev–Trinajstić information content (AvgIpc) is 3.07. The Morgan fingerprint density at radius 1 is 1.00 bits per heavy atom. The standard InChI is InChI=1S/C25H24Cl2N2O5/c1-14(15-6-3-2-4-7-15)28-22(30)13-34-25(33)16-8-5-9-17(10-16)29-23(31)18-11-20(26)21(27)12-19(18)24(29)32/h2-10,14,18-21H,11-13H2,1H3,(H,28,30)/t14-,18-,19+,20+,21-/m0/s1. The van der Waals surface area contributed by atoms with Gasteiger partial charge < -0.3 is 10.1 Å². The molecule has 0 unspecified atom stereocenters. The molecule has 4 rings (SSSR count). The van der Waals surface area contributed by atoms with Crippen LogP contribution in [0.2, 0.25) is 0 Å². The topological polar surface area (TPSA) is 92.8 Å². The van der Waals surface area contributed by atoms with Crippen LogP contribution in [0.15, 0.2) is 54.6 Å². The Balaban J connectivity index is 1.39. The van der Waals surface area contributed by atoms with E-state index in [0.29, 0.717) is 12.8 Å². The fourth-order valence-electron chi connectivity index (χ4n) is 4.44. The second kappa shape index (κ2) is 10.2. The van der Waals surface area contributed by atoms with Gasteiger partial charge in [0.25, 0.3) is 5.91 Å². The first-order valence-corrected chi connectivity index (χ1v) is 11.9. The summed E-state index contributed by atoms with van der Waals surface area (Å²) in [6, 6.07) is 15.2. The van der Waals surface area contributed by atoms with Gasteiger partial charge in [0.2, 0.25) is 11.8 Å². The van der Waals surface area contributed by atoms with Crippen LogP contribution in [-0.4, -0.2) is 41.1 Å². The van der Waals surface area contributed by atoms with E-state index in [1.165, 1.54) is 12.1 Å². The molecule has 2 aromatic rings. The number of alkyl halides is 2. The lowest BCUT2D eigenvalue weighted by Crippen LogP contribution is -2.34. The number of ether oxygens (including phenoxy) is 1. The molecule has 0 bridgehead atoms. The van der Waals surface area contributed by atoms with Gasteiger partial charge in [-0.1, -0.05) is 36.4 Å². The summed E-state index contributed by atoms with van der Waals surface area (Å²) < 4.78 is 5.15. The molecule has 0 aromatic heterocycles. The van der Waals surface area contributed by atoms with Crippen LogP contribution < -0.4 is 10.2 Å². The Hall–Kier alpha value is -2.90. The summed E-state index contributed by atoms with van der Waals surface area (Å²) in [5, 5.41) is 2.01. The Labute approximate surface area is 207 Å². The van der Waals surface area contributed by atoms with Crippen molar-refractivity contribution < 1.29 is 23.9 Å². The molecule has 9 heteroatoms. The lowest BCUT2D eigenvalue weighted by molar-refractivity contribution is -0.125. The molecular weight excluding hydrogens is 479 g/mol. The van der Waals surface area contributed by atoms with Crippen LogP contribution in [0.4, 0.5) is 5.69 Å². The molecule has 0 spiro atoms. The molecule has 2 aliphatic rings. The molecule has 1 saturated carbocycles. The zero-order valence-corrected chi connectivity index (χ0v) is 20.0. The number of carbonyl (C=O) groups is 4. The minimum atomic E-state index is -0.734. The second-order valence-corrected chi connectivity index (χ2v) is 9.68. The third-order valence-electron chi connectivity index (χ3n) is 6.26. The summed E-state index contributed by atoms with van der Waals surface area (Å²) >= 11 is 12.5. The van der Waals surface area contributed by atoms with Gasteiger partial charge in [-0.05, 0) is 43.5 Å². The van der Waals surface area contributed by atoms with E-state index in [0.717, 1.165) is 10.5 Å². The predicted octanol–water partition coefficient (Wildman–Crippen LogP) is 3.84. The lowest BCUT2D eigenvalue weighted by Gasteiger charge is -2.28. The number of fused-ring (bicyclic) bond motifs is 1. The van der Waals surface area contributed by atoms with E-state index in [1.807, 2.05) is 37.3 Å². The van der Waals surface area contributed by atoms with Crippen molar-refractivity contribution in [2.45, 2.75) is 36.6 Å². The first kappa shape index (κ1) is 24.2. The number of carbonyl (C=O) groups excluding carboxylic acids is 4. The molecule has 7 nitrogen and oxygen atoms in total. The summed E-state index contributed by atoms with van der Waals surface area (Å²) in [5.74, 6) is -2.90. The molecular formula is C25H24Cl2N2O5. The van der Waals surface area contributed by atoms with Gasteiger partial charge in [-0.2, -0.15) is 0 Å². The highest BCUT2D eigenvalue weighted by molar-refractivity contribution is 6.31. The minimum absolute atomic E-state index is 0.127. The number of nitrogens with zero attached hydrogens (tertiary/aromatic N) is 1. The molecule has 1 N–H and O–H groups in total. The fraction of sp³-hybridized carbons (Fsp3) is 0.360. The van der Waals surface area contributed by atoms with Crippen molar-refractivity contribution in [1.82, 2.24) is 5.32 Å². The molecule has 2 fully saturated rings.